The molecular formula is C25H32F3N5O3S. The summed E-state index contributed by atoms with van der Waals surface area (Å²) in [6.45, 7) is 7.75. The number of pyridine rings is 1. The number of halogens is 3. The van der Waals surface area contributed by atoms with Crippen LogP contribution in [0.3, 0.4) is 0 Å². The van der Waals surface area contributed by atoms with Gasteiger partial charge < -0.3 is 20.6 Å². The molecular weight excluding hydrogens is 507 g/mol. The quantitative estimate of drug-likeness (QED) is 0.509. The molecule has 1 saturated carbocycles. The van der Waals surface area contributed by atoms with E-state index in [1.54, 1.807) is 25.7 Å². The average Bonchev–Trinajstić information content (AvgIpc) is 3.52. The second-order valence-electron chi connectivity index (χ2n) is 10.8. The lowest BCUT2D eigenvalue weighted by Crippen LogP contribution is -2.40. The van der Waals surface area contributed by atoms with Crippen molar-refractivity contribution >= 4 is 29.0 Å². The Kier molecular flexibility index (Phi) is 7.53. The predicted octanol–water partition coefficient (Wildman–Crippen LogP) is 4.70. The molecule has 2 fully saturated rings. The summed E-state index contributed by atoms with van der Waals surface area (Å²) in [5.41, 5.74) is -2.00. The Morgan fingerprint density at radius 3 is 2.46 bits per heavy atom. The Labute approximate surface area is 217 Å². The number of aliphatic hydroxyl groups excluding tert-OH is 1. The molecule has 0 aromatic carbocycles. The fourth-order valence-electron chi connectivity index (χ4n) is 4.78. The molecule has 0 bridgehead atoms. The number of nitrogens with one attached hydrogen (secondary N) is 2. The first kappa shape index (κ1) is 27.3. The Bertz CT molecular complexity index is 1180. The zero-order valence-corrected chi connectivity index (χ0v) is 22.1. The van der Waals surface area contributed by atoms with Gasteiger partial charge in [0, 0.05) is 29.9 Å². The van der Waals surface area contributed by atoms with Crippen LogP contribution in [0.2, 0.25) is 0 Å². The molecule has 1 saturated heterocycles. The third kappa shape index (κ3) is 6.06. The Morgan fingerprint density at radius 2 is 1.89 bits per heavy atom. The minimum absolute atomic E-state index is 0.0438. The number of aromatic nitrogens is 2. The van der Waals surface area contributed by atoms with Gasteiger partial charge in [-0.05, 0) is 65.9 Å². The standard InChI is InChI=1S/C25H32F3N5O3S/c1-13-7-6-10-33(13)23(36)19-20(37-22(31-19)21(35)30-16-8-5-9-17(16)34)14-12-29-18(32-24(2,3)4)11-15(14)25(26,27)28/h11-13,16-17,34H,5-10H2,1-4H3,(H,29,32)(H,30,35). The number of hydrogen-bond donors (Lipinski definition) is 3. The normalized spacial score (nSPS) is 22.4. The van der Waals surface area contributed by atoms with E-state index in [2.05, 4.69) is 20.6 Å². The van der Waals surface area contributed by atoms with Crippen molar-refractivity contribution < 1.29 is 27.9 Å². The number of alkyl halides is 3. The van der Waals surface area contributed by atoms with Gasteiger partial charge in [-0.2, -0.15) is 13.2 Å². The van der Waals surface area contributed by atoms with Crippen LogP contribution in [0.4, 0.5) is 19.0 Å². The number of rotatable bonds is 5. The largest absolute Gasteiger partial charge is 0.417 e. The summed E-state index contributed by atoms with van der Waals surface area (Å²) in [5.74, 6) is -1.10. The summed E-state index contributed by atoms with van der Waals surface area (Å²) in [7, 11) is 0. The first-order chi connectivity index (χ1) is 17.2. The van der Waals surface area contributed by atoms with E-state index in [9.17, 15) is 27.9 Å². The molecule has 1 aliphatic heterocycles. The minimum Gasteiger partial charge on any atom is -0.391 e. The van der Waals surface area contributed by atoms with E-state index in [4.69, 9.17) is 0 Å². The Hall–Kier alpha value is -2.73. The molecule has 3 heterocycles. The van der Waals surface area contributed by atoms with E-state index in [0.29, 0.717) is 19.4 Å². The molecule has 0 spiro atoms. The SMILES string of the molecule is CC1CCCN1C(=O)c1nc(C(=O)NC2CCCC2O)sc1-c1cnc(NC(C)(C)C)cc1C(F)(F)F. The van der Waals surface area contributed by atoms with Crippen molar-refractivity contribution in [2.45, 2.75) is 89.7 Å². The first-order valence-corrected chi connectivity index (χ1v) is 13.2. The highest BCUT2D eigenvalue weighted by Gasteiger charge is 2.39. The van der Waals surface area contributed by atoms with E-state index in [-0.39, 0.29) is 33.0 Å². The number of nitrogens with zero attached hydrogens (tertiary/aromatic N) is 3. The molecule has 2 aromatic heterocycles. The average molecular weight is 540 g/mol. The number of anilines is 1. The van der Waals surface area contributed by atoms with Gasteiger partial charge in [0.25, 0.3) is 11.8 Å². The smallest absolute Gasteiger partial charge is 0.391 e. The van der Waals surface area contributed by atoms with Crippen LogP contribution in [-0.2, 0) is 6.18 Å². The van der Waals surface area contributed by atoms with Gasteiger partial charge in [-0.15, -0.1) is 11.3 Å². The highest BCUT2D eigenvalue weighted by molar-refractivity contribution is 7.17. The summed E-state index contributed by atoms with van der Waals surface area (Å²) in [4.78, 5) is 36.5. The van der Waals surface area contributed by atoms with Gasteiger partial charge in [0.1, 0.15) is 11.5 Å². The molecule has 37 heavy (non-hydrogen) atoms. The molecule has 1 aliphatic carbocycles. The van der Waals surface area contributed by atoms with Gasteiger partial charge in [-0.3, -0.25) is 9.59 Å². The van der Waals surface area contributed by atoms with Crippen molar-refractivity contribution in [1.29, 1.82) is 0 Å². The molecule has 3 N–H and O–H groups in total. The molecule has 0 radical (unpaired) electrons. The summed E-state index contributed by atoms with van der Waals surface area (Å²) in [6, 6.07) is 0.362. The number of hydrogen-bond acceptors (Lipinski definition) is 7. The van der Waals surface area contributed by atoms with Crippen LogP contribution >= 0.6 is 11.3 Å². The lowest BCUT2D eigenvalue weighted by Gasteiger charge is -2.23. The Morgan fingerprint density at radius 1 is 1.16 bits per heavy atom. The molecule has 12 heteroatoms. The first-order valence-electron chi connectivity index (χ1n) is 12.4. The lowest BCUT2D eigenvalue weighted by atomic mass is 10.1. The zero-order chi connectivity index (χ0) is 27.1. The van der Waals surface area contributed by atoms with Crippen LogP contribution in [0.1, 0.15) is 85.7 Å². The van der Waals surface area contributed by atoms with Gasteiger partial charge in [0.05, 0.1) is 22.6 Å². The Balaban J connectivity index is 1.80. The topological polar surface area (TPSA) is 107 Å². The van der Waals surface area contributed by atoms with E-state index in [1.807, 2.05) is 6.92 Å². The number of carbonyl (C=O) groups is 2. The summed E-state index contributed by atoms with van der Waals surface area (Å²) in [5, 5.41) is 15.6. The van der Waals surface area contributed by atoms with Gasteiger partial charge in [0.15, 0.2) is 5.01 Å². The van der Waals surface area contributed by atoms with Gasteiger partial charge in [-0.25, -0.2) is 9.97 Å². The molecule has 2 aliphatic rings. The van der Waals surface area contributed by atoms with Crippen molar-refractivity contribution in [3.63, 3.8) is 0 Å². The molecule has 2 aromatic rings. The number of likely N-dealkylation sites (tertiary alicyclic amines) is 1. The summed E-state index contributed by atoms with van der Waals surface area (Å²) < 4.78 is 42.7. The maximum atomic E-state index is 14.2. The number of carbonyl (C=O) groups excluding carboxylic acids is 2. The zero-order valence-electron chi connectivity index (χ0n) is 21.3. The van der Waals surface area contributed by atoms with Crippen molar-refractivity contribution in [3.05, 3.63) is 28.5 Å². The second-order valence-corrected chi connectivity index (χ2v) is 11.8. The fourth-order valence-corrected chi connectivity index (χ4v) is 5.76. The van der Waals surface area contributed by atoms with E-state index >= 15 is 0 Å². The predicted molar refractivity (Wildman–Crippen MR) is 135 cm³/mol. The second kappa shape index (κ2) is 10.2. The lowest BCUT2D eigenvalue weighted by molar-refractivity contribution is -0.137. The van der Waals surface area contributed by atoms with Crippen LogP contribution < -0.4 is 10.6 Å². The summed E-state index contributed by atoms with van der Waals surface area (Å²) >= 11 is 0.730. The maximum absolute atomic E-state index is 14.2. The van der Waals surface area contributed by atoms with Crippen LogP contribution in [0.5, 0.6) is 0 Å². The molecule has 202 valence electrons. The van der Waals surface area contributed by atoms with E-state index < -0.39 is 41.2 Å². The van der Waals surface area contributed by atoms with Crippen molar-refractivity contribution in [3.8, 4) is 10.4 Å². The molecule has 8 nitrogen and oxygen atoms in total. The summed E-state index contributed by atoms with van der Waals surface area (Å²) in [6.07, 6.45) is -0.902. The molecule has 3 unspecified atom stereocenters. The molecule has 2 amide bonds. The van der Waals surface area contributed by atoms with E-state index in [1.165, 1.54) is 0 Å². The van der Waals surface area contributed by atoms with Crippen molar-refractivity contribution in [2.75, 3.05) is 11.9 Å². The number of thiazole rings is 1. The highest BCUT2D eigenvalue weighted by atomic mass is 32.1. The minimum atomic E-state index is -4.74. The maximum Gasteiger partial charge on any atom is 0.417 e. The molecule has 4 rings (SSSR count). The monoisotopic (exact) mass is 539 g/mol. The van der Waals surface area contributed by atoms with Crippen molar-refractivity contribution in [2.24, 2.45) is 0 Å². The third-order valence-corrected chi connectivity index (χ3v) is 7.68. The van der Waals surface area contributed by atoms with Crippen molar-refractivity contribution in [1.82, 2.24) is 20.2 Å². The van der Waals surface area contributed by atoms with E-state index in [0.717, 1.165) is 42.9 Å². The number of amides is 2. The van der Waals surface area contributed by atoms with Gasteiger partial charge in [-0.1, -0.05) is 0 Å². The van der Waals surface area contributed by atoms with Gasteiger partial charge in [0.2, 0.25) is 0 Å². The fraction of sp³-hybridized carbons (Fsp3) is 0.600. The van der Waals surface area contributed by atoms with Crippen LogP contribution in [0.15, 0.2) is 12.3 Å². The van der Waals surface area contributed by atoms with Crippen LogP contribution in [0.25, 0.3) is 10.4 Å². The van der Waals surface area contributed by atoms with Crippen LogP contribution in [-0.4, -0.2) is 62.1 Å². The van der Waals surface area contributed by atoms with Crippen LogP contribution in [0, 0.1) is 0 Å². The number of aliphatic hydroxyl groups is 1. The highest BCUT2D eigenvalue weighted by Crippen LogP contribution is 2.42. The third-order valence-electron chi connectivity index (χ3n) is 6.59. The van der Waals surface area contributed by atoms with Gasteiger partial charge >= 0.3 is 6.18 Å². The molecule has 3 atom stereocenters.